The van der Waals surface area contributed by atoms with Crippen LogP contribution in [0, 0.1) is 5.92 Å². The molecule has 2 heterocycles. The molecule has 1 aromatic heterocycles. The van der Waals surface area contributed by atoms with Gasteiger partial charge in [0, 0.05) is 24.1 Å². The fraction of sp³-hybridized carbons (Fsp3) is 0.421. The second-order valence-electron chi connectivity index (χ2n) is 7.44. The lowest BCUT2D eigenvalue weighted by molar-refractivity contribution is 0.00917. The predicted molar refractivity (Wildman–Crippen MR) is 108 cm³/mol. The third-order valence-electron chi connectivity index (χ3n) is 5.67. The summed E-state index contributed by atoms with van der Waals surface area (Å²) in [6.45, 7) is 0.753. The molecule has 11 heteroatoms. The van der Waals surface area contributed by atoms with Gasteiger partial charge in [-0.3, -0.25) is 9.48 Å². The molecule has 2 aliphatic rings. The van der Waals surface area contributed by atoms with Gasteiger partial charge in [-0.2, -0.15) is 5.10 Å². The van der Waals surface area contributed by atoms with Gasteiger partial charge in [-0.25, -0.2) is 13.6 Å². The van der Waals surface area contributed by atoms with Crippen molar-refractivity contribution in [3.8, 4) is 11.3 Å². The second-order valence-corrected chi connectivity index (χ2v) is 8.25. The third-order valence-corrected chi connectivity index (χ3v) is 6.41. The van der Waals surface area contributed by atoms with Crippen LogP contribution in [0.25, 0.3) is 11.3 Å². The van der Waals surface area contributed by atoms with Crippen molar-refractivity contribution in [2.75, 3.05) is 6.54 Å². The van der Waals surface area contributed by atoms with E-state index in [0.29, 0.717) is 52.9 Å². The number of nitrogens with two attached hydrogens (primary N) is 1. The van der Waals surface area contributed by atoms with Crippen molar-refractivity contribution in [2.45, 2.75) is 38.4 Å². The highest BCUT2D eigenvalue weighted by Crippen LogP contribution is 2.34. The zero-order chi connectivity index (χ0) is 21.6. The van der Waals surface area contributed by atoms with E-state index >= 15 is 0 Å². The van der Waals surface area contributed by atoms with E-state index in [1.165, 1.54) is 4.90 Å². The Morgan fingerprint density at radius 2 is 1.97 bits per heavy atom. The van der Waals surface area contributed by atoms with Crippen molar-refractivity contribution in [1.82, 2.24) is 20.0 Å². The van der Waals surface area contributed by atoms with Gasteiger partial charge in [0.2, 0.25) is 6.43 Å². The molecule has 1 aromatic carbocycles. The van der Waals surface area contributed by atoms with Crippen molar-refractivity contribution >= 4 is 35.1 Å². The topological polar surface area (TPSA) is 93.2 Å². The fourth-order valence-corrected chi connectivity index (χ4v) is 4.15. The van der Waals surface area contributed by atoms with Crippen molar-refractivity contribution in [3.05, 3.63) is 39.5 Å². The minimum absolute atomic E-state index is 0.0878. The first-order valence-corrected chi connectivity index (χ1v) is 10.2. The largest absolute Gasteiger partial charge is 0.365 e. The first-order chi connectivity index (χ1) is 14.3. The minimum Gasteiger partial charge on any atom is -0.365 e. The third kappa shape index (κ3) is 3.72. The summed E-state index contributed by atoms with van der Waals surface area (Å²) in [4.78, 5) is 26.3. The minimum atomic E-state index is -2.46. The number of carbonyl (C=O) groups excluding carboxylic acids is 2. The van der Waals surface area contributed by atoms with Crippen molar-refractivity contribution in [3.63, 3.8) is 0 Å². The molecule has 3 amide bonds. The van der Waals surface area contributed by atoms with Crippen LogP contribution in [0.2, 0.25) is 10.0 Å². The lowest BCUT2D eigenvalue weighted by atomic mass is 9.80. The number of alkyl halides is 2. The standard InChI is InChI=1S/C19H19Cl2F2N5O2/c20-11-3-1-9(7-12(11)21)16-15(18(24)29)14-8-27(5-6-28(14)26-16)19(30)25-13-4-2-10(13)17(22)23/h1,3,7,10,13,17H,2,4-6,8H2,(H2,24,29)(H,25,30)/t10-,13+/m0/s1. The summed E-state index contributed by atoms with van der Waals surface area (Å²) in [7, 11) is 0. The van der Waals surface area contributed by atoms with Gasteiger partial charge < -0.3 is 16.0 Å². The van der Waals surface area contributed by atoms with E-state index < -0.39 is 30.3 Å². The molecule has 0 unspecified atom stereocenters. The van der Waals surface area contributed by atoms with Gasteiger partial charge in [-0.05, 0) is 25.0 Å². The van der Waals surface area contributed by atoms with Crippen LogP contribution in [0.4, 0.5) is 13.6 Å². The molecule has 1 aliphatic carbocycles. The first-order valence-electron chi connectivity index (χ1n) is 9.44. The molecule has 2 atom stereocenters. The molecule has 0 saturated heterocycles. The Hall–Kier alpha value is -2.39. The number of nitrogens with zero attached hydrogens (tertiary/aromatic N) is 3. The highest BCUT2D eigenvalue weighted by molar-refractivity contribution is 6.42. The summed E-state index contributed by atoms with van der Waals surface area (Å²) in [5.74, 6) is -1.50. The normalized spacial score (nSPS) is 20.6. The number of nitrogens with one attached hydrogen (secondary N) is 1. The van der Waals surface area contributed by atoms with E-state index in [-0.39, 0.29) is 12.1 Å². The van der Waals surface area contributed by atoms with E-state index in [9.17, 15) is 18.4 Å². The number of halogens is 4. The van der Waals surface area contributed by atoms with E-state index in [4.69, 9.17) is 28.9 Å². The van der Waals surface area contributed by atoms with E-state index in [1.807, 2.05) is 0 Å². The first kappa shape index (κ1) is 20.9. The summed E-state index contributed by atoms with van der Waals surface area (Å²) in [6, 6.07) is 3.90. The number of amides is 3. The summed E-state index contributed by atoms with van der Waals surface area (Å²) in [5, 5.41) is 7.84. The van der Waals surface area contributed by atoms with Gasteiger partial charge in [-0.1, -0.05) is 29.3 Å². The molecule has 0 spiro atoms. The number of hydrogen-bond acceptors (Lipinski definition) is 3. The summed E-state index contributed by atoms with van der Waals surface area (Å²) < 4.78 is 27.5. The maximum absolute atomic E-state index is 12.9. The number of primary amides is 1. The zero-order valence-electron chi connectivity index (χ0n) is 15.7. The molecule has 30 heavy (non-hydrogen) atoms. The molecule has 3 N–H and O–H groups in total. The number of benzene rings is 1. The average Bonchev–Trinajstić information content (AvgIpc) is 3.05. The number of hydrogen-bond donors (Lipinski definition) is 2. The van der Waals surface area contributed by atoms with Crippen LogP contribution >= 0.6 is 23.2 Å². The summed E-state index contributed by atoms with van der Waals surface area (Å²) in [6.07, 6.45) is -1.53. The maximum Gasteiger partial charge on any atom is 0.318 e. The van der Waals surface area contributed by atoms with Crippen LogP contribution in [0.3, 0.4) is 0 Å². The molecule has 1 saturated carbocycles. The van der Waals surface area contributed by atoms with Crippen LogP contribution in [0.5, 0.6) is 0 Å². The maximum atomic E-state index is 12.9. The number of fused-ring (bicyclic) bond motifs is 1. The molecule has 0 radical (unpaired) electrons. The molecular formula is C19H19Cl2F2N5O2. The van der Waals surface area contributed by atoms with E-state index in [1.54, 1.807) is 22.9 Å². The molecule has 4 rings (SSSR count). The van der Waals surface area contributed by atoms with Gasteiger partial charge in [0.15, 0.2) is 0 Å². The van der Waals surface area contributed by atoms with E-state index in [0.717, 1.165) is 0 Å². The molecule has 0 bridgehead atoms. The van der Waals surface area contributed by atoms with Crippen LogP contribution in [0.1, 0.15) is 28.9 Å². The smallest absolute Gasteiger partial charge is 0.318 e. The average molecular weight is 458 g/mol. The number of urea groups is 1. The van der Waals surface area contributed by atoms with Crippen molar-refractivity contribution < 1.29 is 18.4 Å². The van der Waals surface area contributed by atoms with Crippen LogP contribution in [-0.4, -0.2) is 45.6 Å². The Morgan fingerprint density at radius 3 is 2.57 bits per heavy atom. The Labute approximate surface area is 181 Å². The molecule has 160 valence electrons. The molecule has 1 aliphatic heterocycles. The van der Waals surface area contributed by atoms with Crippen LogP contribution in [-0.2, 0) is 13.1 Å². The van der Waals surface area contributed by atoms with Gasteiger partial charge in [0.25, 0.3) is 5.91 Å². The molecule has 1 fully saturated rings. The monoisotopic (exact) mass is 457 g/mol. The Morgan fingerprint density at radius 1 is 1.20 bits per heavy atom. The lowest BCUT2D eigenvalue weighted by Crippen LogP contribution is -2.54. The van der Waals surface area contributed by atoms with Crippen molar-refractivity contribution in [2.24, 2.45) is 11.7 Å². The number of rotatable bonds is 4. The summed E-state index contributed by atoms with van der Waals surface area (Å²) in [5.41, 5.74) is 7.23. The van der Waals surface area contributed by atoms with Crippen molar-refractivity contribution in [1.29, 1.82) is 0 Å². The Balaban J connectivity index is 1.58. The lowest BCUT2D eigenvalue weighted by Gasteiger charge is -2.38. The van der Waals surface area contributed by atoms with Crippen LogP contribution < -0.4 is 11.1 Å². The SMILES string of the molecule is NC(=O)c1c(-c2ccc(Cl)c(Cl)c2)nn2c1CN(C(=O)N[C@@H]1CC[C@@H]1C(F)F)CC2. The number of aromatic nitrogens is 2. The second kappa shape index (κ2) is 8.03. The van der Waals surface area contributed by atoms with Gasteiger partial charge in [0.05, 0.1) is 34.4 Å². The van der Waals surface area contributed by atoms with Gasteiger partial charge >= 0.3 is 6.03 Å². The van der Waals surface area contributed by atoms with E-state index in [2.05, 4.69) is 10.4 Å². The Kier molecular flexibility index (Phi) is 5.59. The molecule has 2 aromatic rings. The molecule has 7 nitrogen and oxygen atoms in total. The van der Waals surface area contributed by atoms with Crippen LogP contribution in [0.15, 0.2) is 18.2 Å². The summed E-state index contributed by atoms with van der Waals surface area (Å²) >= 11 is 12.1. The van der Waals surface area contributed by atoms with Gasteiger partial charge in [0.1, 0.15) is 5.69 Å². The number of carbonyl (C=O) groups is 2. The predicted octanol–water partition coefficient (Wildman–Crippen LogP) is 3.52. The highest BCUT2D eigenvalue weighted by Gasteiger charge is 2.39. The molecular weight excluding hydrogens is 439 g/mol. The Bertz CT molecular complexity index is 1010. The van der Waals surface area contributed by atoms with Gasteiger partial charge in [-0.15, -0.1) is 0 Å². The quantitative estimate of drug-likeness (QED) is 0.735. The fourth-order valence-electron chi connectivity index (χ4n) is 3.85. The highest BCUT2D eigenvalue weighted by atomic mass is 35.5. The zero-order valence-corrected chi connectivity index (χ0v) is 17.3.